The molecule has 0 aromatic heterocycles. The molecule has 1 aromatic rings. The maximum atomic E-state index is 12.8. The van der Waals surface area contributed by atoms with E-state index in [1.807, 2.05) is 14.0 Å². The number of hydrogen-bond acceptors (Lipinski definition) is 4. The summed E-state index contributed by atoms with van der Waals surface area (Å²) in [6.45, 7) is 3.74. The van der Waals surface area contributed by atoms with E-state index in [1.54, 1.807) is 6.07 Å². The molecule has 0 spiro atoms. The summed E-state index contributed by atoms with van der Waals surface area (Å²) in [5.41, 5.74) is 6.09. The van der Waals surface area contributed by atoms with E-state index >= 15 is 0 Å². The van der Waals surface area contributed by atoms with Crippen LogP contribution in [-0.4, -0.2) is 55.3 Å². The lowest BCUT2D eigenvalue weighted by Crippen LogP contribution is -2.52. The van der Waals surface area contributed by atoms with Gasteiger partial charge in [0.2, 0.25) is 10.0 Å². The molecular weight excluding hydrogens is 330 g/mol. The van der Waals surface area contributed by atoms with Gasteiger partial charge in [-0.1, -0.05) is 29.9 Å². The number of hydrogen-bond donors (Lipinski definition) is 1. The molecule has 1 atom stereocenters. The third kappa shape index (κ3) is 3.37. The number of sulfonamides is 1. The largest absolute Gasteiger partial charge is 0.389 e. The van der Waals surface area contributed by atoms with Gasteiger partial charge in [0.1, 0.15) is 9.88 Å². The zero-order valence-corrected chi connectivity index (χ0v) is 14.3. The highest BCUT2D eigenvalue weighted by Crippen LogP contribution is 2.28. The van der Waals surface area contributed by atoms with Crippen LogP contribution in [0.3, 0.4) is 0 Å². The predicted octanol–water partition coefficient (Wildman–Crippen LogP) is 1.30. The number of piperazine rings is 1. The SMILES string of the molecule is CC1CN(C)CCN1S(=O)(=O)c1ccc(C(N)=S)cc1Cl. The first kappa shape index (κ1) is 16.6. The molecule has 5 nitrogen and oxygen atoms in total. The average molecular weight is 348 g/mol. The van der Waals surface area contributed by atoms with Crippen LogP contribution in [0.15, 0.2) is 23.1 Å². The molecule has 0 radical (unpaired) electrons. The molecule has 2 N–H and O–H groups in total. The maximum Gasteiger partial charge on any atom is 0.244 e. The lowest BCUT2D eigenvalue weighted by molar-refractivity contribution is 0.170. The van der Waals surface area contributed by atoms with Gasteiger partial charge in [0.25, 0.3) is 0 Å². The average Bonchev–Trinajstić information content (AvgIpc) is 2.37. The van der Waals surface area contributed by atoms with Gasteiger partial charge in [-0.2, -0.15) is 4.31 Å². The van der Waals surface area contributed by atoms with Crippen LogP contribution in [0.5, 0.6) is 0 Å². The Hall–Kier alpha value is -0.730. The summed E-state index contributed by atoms with van der Waals surface area (Å²) in [6, 6.07) is 4.45. The molecule has 1 aromatic carbocycles. The second kappa shape index (κ2) is 6.18. The fraction of sp³-hybridized carbons (Fsp3) is 0.462. The Bertz CT molecular complexity index is 663. The van der Waals surface area contributed by atoms with Gasteiger partial charge in [0.15, 0.2) is 0 Å². The first-order valence-electron chi connectivity index (χ1n) is 6.53. The van der Waals surface area contributed by atoms with E-state index in [-0.39, 0.29) is 20.9 Å². The summed E-state index contributed by atoms with van der Waals surface area (Å²) < 4.78 is 27.0. The quantitative estimate of drug-likeness (QED) is 0.835. The molecule has 116 valence electrons. The Morgan fingerprint density at radius 2 is 2.10 bits per heavy atom. The van der Waals surface area contributed by atoms with Crippen molar-refractivity contribution < 1.29 is 8.42 Å². The normalized spacial score (nSPS) is 21.4. The molecule has 0 aliphatic carbocycles. The van der Waals surface area contributed by atoms with Crippen LogP contribution in [0, 0.1) is 0 Å². The second-order valence-corrected chi connectivity index (χ2v) is 7.94. The lowest BCUT2D eigenvalue weighted by atomic mass is 10.2. The Morgan fingerprint density at radius 1 is 1.43 bits per heavy atom. The number of rotatable bonds is 3. The highest BCUT2D eigenvalue weighted by molar-refractivity contribution is 7.89. The summed E-state index contributed by atoms with van der Waals surface area (Å²) >= 11 is 11.0. The van der Waals surface area contributed by atoms with E-state index in [0.717, 1.165) is 0 Å². The fourth-order valence-corrected chi connectivity index (χ4v) is 4.73. The zero-order chi connectivity index (χ0) is 15.8. The third-order valence-corrected chi connectivity index (χ3v) is 6.30. The van der Waals surface area contributed by atoms with Crippen molar-refractivity contribution in [2.45, 2.75) is 17.9 Å². The molecule has 1 fully saturated rings. The van der Waals surface area contributed by atoms with Crippen molar-refractivity contribution in [2.24, 2.45) is 5.73 Å². The number of halogens is 1. The zero-order valence-electron chi connectivity index (χ0n) is 11.9. The van der Waals surface area contributed by atoms with Gasteiger partial charge < -0.3 is 10.6 Å². The van der Waals surface area contributed by atoms with Crippen molar-refractivity contribution in [1.29, 1.82) is 0 Å². The summed E-state index contributed by atoms with van der Waals surface area (Å²) in [6.07, 6.45) is 0. The van der Waals surface area contributed by atoms with Crippen molar-refractivity contribution in [3.8, 4) is 0 Å². The summed E-state index contributed by atoms with van der Waals surface area (Å²) in [5, 5.41) is 0.145. The summed E-state index contributed by atoms with van der Waals surface area (Å²) in [7, 11) is -1.64. The molecule has 1 heterocycles. The molecule has 1 aliphatic rings. The van der Waals surface area contributed by atoms with Crippen LogP contribution < -0.4 is 5.73 Å². The van der Waals surface area contributed by atoms with E-state index in [4.69, 9.17) is 29.6 Å². The van der Waals surface area contributed by atoms with Crippen LogP contribution in [0.25, 0.3) is 0 Å². The molecule has 1 saturated heterocycles. The Balaban J connectivity index is 2.38. The van der Waals surface area contributed by atoms with Gasteiger partial charge >= 0.3 is 0 Å². The number of benzene rings is 1. The van der Waals surface area contributed by atoms with Crippen LogP contribution in [0.4, 0.5) is 0 Å². The molecule has 1 unspecified atom stereocenters. The topological polar surface area (TPSA) is 66.6 Å². The van der Waals surface area contributed by atoms with Crippen molar-refractivity contribution in [3.05, 3.63) is 28.8 Å². The van der Waals surface area contributed by atoms with E-state index in [1.165, 1.54) is 16.4 Å². The smallest absolute Gasteiger partial charge is 0.244 e. The van der Waals surface area contributed by atoms with Crippen molar-refractivity contribution in [3.63, 3.8) is 0 Å². The Labute approximate surface area is 135 Å². The summed E-state index contributed by atoms with van der Waals surface area (Å²) in [4.78, 5) is 2.39. The number of likely N-dealkylation sites (N-methyl/N-ethyl adjacent to an activating group) is 1. The van der Waals surface area contributed by atoms with E-state index in [9.17, 15) is 8.42 Å². The van der Waals surface area contributed by atoms with Crippen LogP contribution in [0.2, 0.25) is 5.02 Å². The summed E-state index contributed by atoms with van der Waals surface area (Å²) in [5.74, 6) is 0. The van der Waals surface area contributed by atoms with Crippen molar-refractivity contribution in [1.82, 2.24) is 9.21 Å². The minimum atomic E-state index is -3.62. The van der Waals surface area contributed by atoms with Gasteiger partial charge in [-0.25, -0.2) is 8.42 Å². The van der Waals surface area contributed by atoms with Crippen LogP contribution >= 0.6 is 23.8 Å². The number of nitrogens with two attached hydrogens (primary N) is 1. The predicted molar refractivity (Wildman–Crippen MR) is 88.2 cm³/mol. The highest BCUT2D eigenvalue weighted by atomic mass is 35.5. The molecule has 2 rings (SSSR count). The maximum absolute atomic E-state index is 12.8. The van der Waals surface area contributed by atoms with Gasteiger partial charge in [0.05, 0.1) is 5.02 Å². The molecule has 0 saturated carbocycles. The molecule has 1 aliphatic heterocycles. The standard InChI is InChI=1S/C13H18ClN3O2S2/c1-9-8-16(2)5-6-17(9)21(18,19)12-4-3-10(13(15)20)7-11(12)14/h3-4,7,9H,5-6,8H2,1-2H3,(H2,15,20). The molecule has 8 heteroatoms. The molecular formula is C13H18ClN3O2S2. The monoisotopic (exact) mass is 347 g/mol. The Morgan fingerprint density at radius 3 is 2.62 bits per heavy atom. The lowest BCUT2D eigenvalue weighted by Gasteiger charge is -2.37. The van der Waals surface area contributed by atoms with Gasteiger partial charge in [-0.05, 0) is 26.1 Å². The van der Waals surface area contributed by atoms with Gasteiger partial charge in [-0.3, -0.25) is 0 Å². The first-order valence-corrected chi connectivity index (χ1v) is 8.76. The Kier molecular flexibility index (Phi) is 4.89. The van der Waals surface area contributed by atoms with Crippen LogP contribution in [-0.2, 0) is 10.0 Å². The third-order valence-electron chi connectivity index (χ3n) is 3.57. The molecule has 0 amide bonds. The van der Waals surface area contributed by atoms with E-state index in [0.29, 0.717) is 25.2 Å². The van der Waals surface area contributed by atoms with Crippen molar-refractivity contribution >= 4 is 38.8 Å². The fourth-order valence-electron chi connectivity index (χ4n) is 2.47. The molecule has 0 bridgehead atoms. The number of thiocarbonyl (C=S) groups is 1. The van der Waals surface area contributed by atoms with Gasteiger partial charge in [-0.15, -0.1) is 0 Å². The highest BCUT2D eigenvalue weighted by Gasteiger charge is 2.33. The minimum absolute atomic E-state index is 0.0971. The van der Waals surface area contributed by atoms with Gasteiger partial charge in [0, 0.05) is 31.2 Å². The van der Waals surface area contributed by atoms with E-state index in [2.05, 4.69) is 4.90 Å². The van der Waals surface area contributed by atoms with E-state index < -0.39 is 10.0 Å². The van der Waals surface area contributed by atoms with Crippen LogP contribution in [0.1, 0.15) is 12.5 Å². The minimum Gasteiger partial charge on any atom is -0.389 e. The molecule has 21 heavy (non-hydrogen) atoms. The van der Waals surface area contributed by atoms with Crippen molar-refractivity contribution in [2.75, 3.05) is 26.7 Å². The second-order valence-electron chi connectivity index (χ2n) is 5.24. The first-order chi connectivity index (χ1) is 9.73. The number of nitrogens with zero attached hydrogens (tertiary/aromatic N) is 2.